The van der Waals surface area contributed by atoms with Crippen LogP contribution >= 0.6 is 0 Å². The summed E-state index contributed by atoms with van der Waals surface area (Å²) in [6.07, 6.45) is 0.777. The molecular weight excluding hydrogens is 296 g/mol. The lowest BCUT2D eigenvalue weighted by Gasteiger charge is -2.35. The summed E-state index contributed by atoms with van der Waals surface area (Å²) in [4.78, 5) is 14.8. The number of nitrogens with zero attached hydrogens (tertiary/aromatic N) is 1. The summed E-state index contributed by atoms with van der Waals surface area (Å²) >= 11 is 0. The van der Waals surface area contributed by atoms with Gasteiger partial charge in [-0.2, -0.15) is 0 Å². The molecule has 1 N–H and O–H groups in total. The van der Waals surface area contributed by atoms with Crippen molar-refractivity contribution in [1.82, 2.24) is 0 Å². The molecule has 0 saturated carbocycles. The number of rotatable bonds is 3. The number of carbonyl (C=O) groups is 1. The molecule has 1 aliphatic heterocycles. The molecule has 0 aliphatic carbocycles. The molecular formula is C21H20N2O. The van der Waals surface area contributed by atoms with Gasteiger partial charge in [0.25, 0.3) is 0 Å². The minimum atomic E-state index is -0.158. The van der Waals surface area contributed by atoms with E-state index in [4.69, 9.17) is 0 Å². The number of fused-ring (bicyclic) bond motifs is 2. The minimum Gasteiger partial charge on any atom is -0.372 e. The summed E-state index contributed by atoms with van der Waals surface area (Å²) in [6.45, 7) is 2.63. The molecule has 1 amide bonds. The number of nitrogens with one attached hydrogen (secondary N) is 1. The Morgan fingerprint density at radius 2 is 1.71 bits per heavy atom. The molecule has 3 nitrogen and oxygen atoms in total. The first kappa shape index (κ1) is 14.8. The summed E-state index contributed by atoms with van der Waals surface area (Å²) in [6, 6.07) is 22.5. The van der Waals surface area contributed by atoms with Gasteiger partial charge in [0.05, 0.1) is 17.9 Å². The molecule has 1 heterocycles. The van der Waals surface area contributed by atoms with Gasteiger partial charge in [0.2, 0.25) is 5.91 Å². The summed E-state index contributed by atoms with van der Waals surface area (Å²) in [5, 5.41) is 5.77. The van der Waals surface area contributed by atoms with Crippen molar-refractivity contribution in [2.75, 3.05) is 10.2 Å². The van der Waals surface area contributed by atoms with Crippen LogP contribution in [-0.4, -0.2) is 11.9 Å². The number of hydrogen-bond acceptors (Lipinski definition) is 2. The number of para-hydroxylation sites is 2. The maximum absolute atomic E-state index is 12.9. The number of anilines is 2. The molecule has 3 aromatic carbocycles. The second kappa shape index (κ2) is 6.00. The van der Waals surface area contributed by atoms with Gasteiger partial charge in [0.1, 0.15) is 6.04 Å². The van der Waals surface area contributed by atoms with Gasteiger partial charge in [-0.15, -0.1) is 0 Å². The van der Waals surface area contributed by atoms with Gasteiger partial charge in [0.15, 0.2) is 0 Å². The number of carbonyl (C=O) groups excluding carboxylic acids is 1. The Hall–Kier alpha value is -2.81. The van der Waals surface area contributed by atoms with Crippen molar-refractivity contribution in [2.45, 2.75) is 25.9 Å². The molecule has 0 radical (unpaired) electrons. The van der Waals surface area contributed by atoms with Gasteiger partial charge in [-0.05, 0) is 34.9 Å². The van der Waals surface area contributed by atoms with Gasteiger partial charge in [-0.1, -0.05) is 61.5 Å². The van der Waals surface area contributed by atoms with Gasteiger partial charge in [0, 0.05) is 0 Å². The molecule has 0 fully saturated rings. The highest BCUT2D eigenvalue weighted by molar-refractivity contribution is 6.05. The van der Waals surface area contributed by atoms with Crippen molar-refractivity contribution >= 4 is 28.1 Å². The summed E-state index contributed by atoms with van der Waals surface area (Å²) in [5.74, 6) is 0.143. The monoisotopic (exact) mass is 316 g/mol. The minimum absolute atomic E-state index is 0.143. The molecule has 0 spiro atoms. The van der Waals surface area contributed by atoms with E-state index in [0.717, 1.165) is 17.8 Å². The quantitative estimate of drug-likeness (QED) is 0.767. The van der Waals surface area contributed by atoms with Gasteiger partial charge >= 0.3 is 0 Å². The third-order valence-corrected chi connectivity index (χ3v) is 4.71. The molecule has 3 heteroatoms. The zero-order chi connectivity index (χ0) is 16.5. The van der Waals surface area contributed by atoms with Gasteiger partial charge < -0.3 is 10.2 Å². The van der Waals surface area contributed by atoms with Crippen LogP contribution in [-0.2, 0) is 11.3 Å². The maximum Gasteiger partial charge on any atom is 0.249 e. The first-order valence-electron chi connectivity index (χ1n) is 8.41. The topological polar surface area (TPSA) is 32.3 Å². The van der Waals surface area contributed by atoms with E-state index in [-0.39, 0.29) is 11.9 Å². The third-order valence-electron chi connectivity index (χ3n) is 4.71. The summed E-state index contributed by atoms with van der Waals surface area (Å²) in [5.41, 5.74) is 3.16. The Kier molecular flexibility index (Phi) is 3.69. The van der Waals surface area contributed by atoms with Gasteiger partial charge in [-0.3, -0.25) is 4.79 Å². The third kappa shape index (κ3) is 2.42. The Balaban J connectivity index is 1.78. The van der Waals surface area contributed by atoms with Crippen LogP contribution in [0.2, 0.25) is 0 Å². The molecule has 0 bridgehead atoms. The Bertz CT molecular complexity index is 898. The van der Waals surface area contributed by atoms with Crippen molar-refractivity contribution in [3.05, 3.63) is 72.3 Å². The van der Waals surface area contributed by atoms with Crippen molar-refractivity contribution in [1.29, 1.82) is 0 Å². The number of amides is 1. The lowest BCUT2D eigenvalue weighted by atomic mass is 10.0. The van der Waals surface area contributed by atoms with Crippen LogP contribution in [0.5, 0.6) is 0 Å². The van der Waals surface area contributed by atoms with Crippen molar-refractivity contribution < 1.29 is 4.79 Å². The maximum atomic E-state index is 12.9. The Morgan fingerprint density at radius 1 is 0.958 bits per heavy atom. The van der Waals surface area contributed by atoms with E-state index in [1.807, 2.05) is 48.2 Å². The second-order valence-electron chi connectivity index (χ2n) is 6.18. The Morgan fingerprint density at radius 3 is 2.58 bits per heavy atom. The molecule has 4 rings (SSSR count). The largest absolute Gasteiger partial charge is 0.372 e. The highest BCUT2D eigenvalue weighted by Crippen LogP contribution is 2.34. The summed E-state index contributed by atoms with van der Waals surface area (Å²) < 4.78 is 0. The number of hydrogen-bond donors (Lipinski definition) is 1. The SMILES string of the molecule is CCC1Nc2ccccc2N(Cc2cccc3ccccc23)C1=O. The zero-order valence-electron chi connectivity index (χ0n) is 13.7. The fourth-order valence-electron chi connectivity index (χ4n) is 3.43. The van der Waals surface area contributed by atoms with Crippen LogP contribution in [0.25, 0.3) is 10.8 Å². The van der Waals surface area contributed by atoms with Crippen LogP contribution in [0, 0.1) is 0 Å². The second-order valence-corrected chi connectivity index (χ2v) is 6.18. The van der Waals surface area contributed by atoms with E-state index >= 15 is 0 Å². The average Bonchev–Trinajstić information content (AvgIpc) is 2.64. The van der Waals surface area contributed by atoms with E-state index in [1.165, 1.54) is 16.3 Å². The molecule has 0 saturated heterocycles. The molecule has 1 atom stereocenters. The molecule has 24 heavy (non-hydrogen) atoms. The van der Waals surface area contributed by atoms with E-state index in [0.29, 0.717) is 6.54 Å². The first-order chi connectivity index (χ1) is 11.8. The van der Waals surface area contributed by atoms with Crippen LogP contribution in [0.15, 0.2) is 66.7 Å². The fourth-order valence-corrected chi connectivity index (χ4v) is 3.43. The lowest BCUT2D eigenvalue weighted by Crippen LogP contribution is -2.46. The van der Waals surface area contributed by atoms with Crippen LogP contribution in [0.1, 0.15) is 18.9 Å². The standard InChI is InChI=1S/C21H20N2O/c1-2-18-21(24)23(20-13-6-5-12-19(20)22-18)14-16-10-7-9-15-8-3-4-11-17(15)16/h3-13,18,22H,2,14H2,1H3. The van der Waals surface area contributed by atoms with Crippen LogP contribution in [0.4, 0.5) is 11.4 Å². The van der Waals surface area contributed by atoms with Crippen molar-refractivity contribution in [3.63, 3.8) is 0 Å². The molecule has 1 unspecified atom stereocenters. The summed E-state index contributed by atoms with van der Waals surface area (Å²) in [7, 11) is 0. The van der Waals surface area contributed by atoms with E-state index < -0.39 is 0 Å². The van der Waals surface area contributed by atoms with Crippen LogP contribution < -0.4 is 10.2 Å². The van der Waals surface area contributed by atoms with E-state index in [9.17, 15) is 4.79 Å². The molecule has 1 aliphatic rings. The van der Waals surface area contributed by atoms with Crippen LogP contribution in [0.3, 0.4) is 0 Å². The smallest absolute Gasteiger partial charge is 0.249 e. The highest BCUT2D eigenvalue weighted by atomic mass is 16.2. The normalized spacial score (nSPS) is 16.8. The van der Waals surface area contributed by atoms with Crippen molar-refractivity contribution in [3.8, 4) is 0 Å². The Labute approximate surface area is 141 Å². The predicted molar refractivity (Wildman–Crippen MR) is 99.3 cm³/mol. The average molecular weight is 316 g/mol. The number of benzene rings is 3. The van der Waals surface area contributed by atoms with E-state index in [1.54, 1.807) is 0 Å². The van der Waals surface area contributed by atoms with Gasteiger partial charge in [-0.25, -0.2) is 0 Å². The fraction of sp³-hybridized carbons (Fsp3) is 0.190. The predicted octanol–water partition coefficient (Wildman–Crippen LogP) is 4.58. The zero-order valence-corrected chi connectivity index (χ0v) is 13.7. The lowest BCUT2D eigenvalue weighted by molar-refractivity contribution is -0.119. The molecule has 3 aromatic rings. The van der Waals surface area contributed by atoms with E-state index in [2.05, 4.69) is 35.6 Å². The molecule has 0 aromatic heterocycles. The molecule has 120 valence electrons. The first-order valence-corrected chi connectivity index (χ1v) is 8.41. The highest BCUT2D eigenvalue weighted by Gasteiger charge is 2.31. The van der Waals surface area contributed by atoms with Crippen molar-refractivity contribution in [2.24, 2.45) is 0 Å².